The summed E-state index contributed by atoms with van der Waals surface area (Å²) in [6.45, 7) is 2.64. The third-order valence-electron chi connectivity index (χ3n) is 3.45. The fraction of sp³-hybridized carbons (Fsp3) is 0.833. The number of carbonyl (C=O) groups excluding carboxylic acids is 2. The Morgan fingerprint density at radius 3 is 3.06 bits per heavy atom. The maximum absolute atomic E-state index is 11.3. The molecule has 0 saturated carbocycles. The molecule has 0 aromatic rings. The lowest BCUT2D eigenvalue weighted by Crippen LogP contribution is -2.36. The average molecular weight is 271 g/mol. The second-order valence-corrected chi connectivity index (χ2v) is 6.09. The Balaban J connectivity index is 1.62. The number of thioether (sulfide) groups is 1. The number of urea groups is 1. The maximum atomic E-state index is 11.3. The van der Waals surface area contributed by atoms with Crippen molar-refractivity contribution in [1.82, 2.24) is 16.0 Å². The minimum atomic E-state index is -0.0300. The van der Waals surface area contributed by atoms with Crippen LogP contribution in [0.1, 0.15) is 32.6 Å². The van der Waals surface area contributed by atoms with Gasteiger partial charge in [0.1, 0.15) is 0 Å². The number of unbranched alkanes of at least 4 members (excludes halogenated alkanes) is 1. The molecule has 0 radical (unpaired) electrons. The third kappa shape index (κ3) is 3.31. The molecule has 102 valence electrons. The van der Waals surface area contributed by atoms with Crippen LogP contribution < -0.4 is 16.0 Å². The summed E-state index contributed by atoms with van der Waals surface area (Å²) < 4.78 is 0. The first kappa shape index (κ1) is 13.5. The molecule has 0 aromatic carbocycles. The fourth-order valence-electron chi connectivity index (χ4n) is 2.56. The lowest BCUT2D eigenvalue weighted by molar-refractivity contribution is -0.121. The van der Waals surface area contributed by atoms with E-state index in [0.717, 1.165) is 25.0 Å². The van der Waals surface area contributed by atoms with Gasteiger partial charge in [0, 0.05) is 24.0 Å². The normalized spacial score (nSPS) is 29.6. The molecule has 3 atom stereocenters. The van der Waals surface area contributed by atoms with Crippen molar-refractivity contribution < 1.29 is 9.59 Å². The minimum Gasteiger partial charge on any atom is -0.356 e. The second-order valence-electron chi connectivity index (χ2n) is 4.82. The van der Waals surface area contributed by atoms with Crippen molar-refractivity contribution in [3.8, 4) is 0 Å². The van der Waals surface area contributed by atoms with E-state index in [1.807, 2.05) is 18.7 Å². The van der Waals surface area contributed by atoms with Crippen LogP contribution >= 0.6 is 11.8 Å². The highest BCUT2D eigenvalue weighted by Gasteiger charge is 2.42. The summed E-state index contributed by atoms with van der Waals surface area (Å²) in [5.74, 6) is 1.15. The summed E-state index contributed by atoms with van der Waals surface area (Å²) in [6.07, 6.45) is 3.67. The van der Waals surface area contributed by atoms with Crippen LogP contribution in [0.25, 0.3) is 0 Å². The topological polar surface area (TPSA) is 70.2 Å². The second kappa shape index (κ2) is 6.31. The van der Waals surface area contributed by atoms with E-state index in [1.54, 1.807) is 0 Å². The Kier molecular flexibility index (Phi) is 4.74. The molecule has 5 nitrogen and oxygen atoms in total. The smallest absolute Gasteiger partial charge is 0.315 e. The number of fused-ring (bicyclic) bond motifs is 1. The standard InChI is InChI=1S/C12H21N3O2S/c1-2-13-10(16)6-4-3-5-9-11-8(7-18-9)14-12(17)15-11/h8-9,11H,2-7H2,1H3,(H,13,16)(H2,14,15,17)/t8-,9+,11-/m1/s1. The van der Waals surface area contributed by atoms with Crippen LogP contribution in [0.2, 0.25) is 0 Å². The van der Waals surface area contributed by atoms with E-state index >= 15 is 0 Å². The third-order valence-corrected chi connectivity index (χ3v) is 4.96. The molecule has 6 heteroatoms. The van der Waals surface area contributed by atoms with Crippen LogP contribution in [-0.2, 0) is 4.79 Å². The predicted molar refractivity (Wildman–Crippen MR) is 72.6 cm³/mol. The van der Waals surface area contributed by atoms with Crippen LogP contribution in [0.4, 0.5) is 4.79 Å². The van der Waals surface area contributed by atoms with Crippen molar-refractivity contribution >= 4 is 23.7 Å². The molecular formula is C12H21N3O2S. The van der Waals surface area contributed by atoms with Crippen molar-refractivity contribution in [3.63, 3.8) is 0 Å². The van der Waals surface area contributed by atoms with Gasteiger partial charge < -0.3 is 16.0 Å². The van der Waals surface area contributed by atoms with Gasteiger partial charge in [-0.15, -0.1) is 0 Å². The highest BCUT2D eigenvalue weighted by Crippen LogP contribution is 2.33. The number of amides is 3. The van der Waals surface area contributed by atoms with E-state index in [4.69, 9.17) is 0 Å². The molecule has 0 aromatic heterocycles. The molecule has 2 aliphatic rings. The molecule has 2 aliphatic heterocycles. The van der Waals surface area contributed by atoms with E-state index in [0.29, 0.717) is 24.3 Å². The molecule has 0 spiro atoms. The van der Waals surface area contributed by atoms with Crippen molar-refractivity contribution in [1.29, 1.82) is 0 Å². The number of hydrogen-bond acceptors (Lipinski definition) is 3. The predicted octanol–water partition coefficient (Wildman–Crippen LogP) is 0.848. The van der Waals surface area contributed by atoms with E-state index in [9.17, 15) is 9.59 Å². The molecular weight excluding hydrogens is 250 g/mol. The number of hydrogen-bond donors (Lipinski definition) is 3. The highest BCUT2D eigenvalue weighted by molar-refractivity contribution is 8.00. The van der Waals surface area contributed by atoms with Crippen LogP contribution in [-0.4, -0.2) is 41.6 Å². The fourth-order valence-corrected chi connectivity index (χ4v) is 4.10. The van der Waals surface area contributed by atoms with Crippen molar-refractivity contribution in [3.05, 3.63) is 0 Å². The average Bonchev–Trinajstić information content (AvgIpc) is 2.85. The van der Waals surface area contributed by atoms with E-state index in [1.165, 1.54) is 0 Å². The lowest BCUT2D eigenvalue weighted by Gasteiger charge is -2.16. The first-order chi connectivity index (χ1) is 8.70. The highest BCUT2D eigenvalue weighted by atomic mass is 32.2. The maximum Gasteiger partial charge on any atom is 0.315 e. The molecule has 0 bridgehead atoms. The van der Waals surface area contributed by atoms with Gasteiger partial charge in [-0.25, -0.2) is 4.79 Å². The summed E-state index contributed by atoms with van der Waals surface area (Å²) >= 11 is 1.93. The quantitative estimate of drug-likeness (QED) is 0.495. The minimum absolute atomic E-state index is 0.0300. The lowest BCUT2D eigenvalue weighted by atomic mass is 10.0. The van der Waals surface area contributed by atoms with Gasteiger partial charge in [0.25, 0.3) is 0 Å². The zero-order valence-corrected chi connectivity index (χ0v) is 11.5. The molecule has 2 rings (SSSR count). The Bertz CT molecular complexity index is 324. The Morgan fingerprint density at radius 2 is 2.28 bits per heavy atom. The van der Waals surface area contributed by atoms with E-state index in [-0.39, 0.29) is 18.0 Å². The molecule has 0 unspecified atom stereocenters. The van der Waals surface area contributed by atoms with Gasteiger partial charge in [0.2, 0.25) is 5.91 Å². The SMILES string of the molecule is CCNC(=O)CCCC[C@@H]1SC[C@H]2NC(=O)N[C@@H]12. The molecule has 0 aliphatic carbocycles. The van der Waals surface area contributed by atoms with Crippen molar-refractivity contribution in [2.24, 2.45) is 0 Å². The Morgan fingerprint density at radius 1 is 1.44 bits per heavy atom. The molecule has 18 heavy (non-hydrogen) atoms. The number of carbonyl (C=O) groups is 2. The summed E-state index contributed by atoms with van der Waals surface area (Å²) in [4.78, 5) is 22.5. The zero-order chi connectivity index (χ0) is 13.0. The van der Waals surface area contributed by atoms with Crippen LogP contribution in [0, 0.1) is 0 Å². The molecule has 2 heterocycles. The number of rotatable bonds is 6. The largest absolute Gasteiger partial charge is 0.356 e. The monoisotopic (exact) mass is 271 g/mol. The van der Waals surface area contributed by atoms with Crippen LogP contribution in [0.15, 0.2) is 0 Å². The van der Waals surface area contributed by atoms with Gasteiger partial charge in [-0.2, -0.15) is 11.8 Å². The summed E-state index contributed by atoms with van der Waals surface area (Å²) in [7, 11) is 0. The van der Waals surface area contributed by atoms with Gasteiger partial charge in [-0.1, -0.05) is 6.42 Å². The van der Waals surface area contributed by atoms with Gasteiger partial charge in [-0.05, 0) is 19.8 Å². The Labute approximate surface area is 112 Å². The van der Waals surface area contributed by atoms with Crippen LogP contribution in [0.3, 0.4) is 0 Å². The van der Waals surface area contributed by atoms with Gasteiger partial charge in [0.15, 0.2) is 0 Å². The summed E-state index contributed by atoms with van der Waals surface area (Å²) in [5.41, 5.74) is 0. The van der Waals surface area contributed by atoms with Crippen LogP contribution in [0.5, 0.6) is 0 Å². The zero-order valence-electron chi connectivity index (χ0n) is 10.7. The molecule has 2 fully saturated rings. The van der Waals surface area contributed by atoms with Crippen molar-refractivity contribution in [2.75, 3.05) is 12.3 Å². The molecule has 2 saturated heterocycles. The van der Waals surface area contributed by atoms with Gasteiger partial charge in [-0.3, -0.25) is 4.79 Å². The molecule has 3 amide bonds. The summed E-state index contributed by atoms with van der Waals surface area (Å²) in [5, 5.41) is 9.23. The first-order valence-corrected chi connectivity index (χ1v) is 7.71. The summed E-state index contributed by atoms with van der Waals surface area (Å²) in [6, 6.07) is 0.556. The van der Waals surface area contributed by atoms with Gasteiger partial charge in [0.05, 0.1) is 12.1 Å². The number of nitrogens with one attached hydrogen (secondary N) is 3. The Hall–Kier alpha value is -0.910. The van der Waals surface area contributed by atoms with E-state index < -0.39 is 0 Å². The molecule has 3 N–H and O–H groups in total. The van der Waals surface area contributed by atoms with E-state index in [2.05, 4.69) is 16.0 Å². The van der Waals surface area contributed by atoms with Crippen molar-refractivity contribution in [2.45, 2.75) is 49.9 Å². The first-order valence-electron chi connectivity index (χ1n) is 6.66. The van der Waals surface area contributed by atoms with Gasteiger partial charge >= 0.3 is 6.03 Å².